The minimum atomic E-state index is -4.85. The first-order valence-electron chi connectivity index (χ1n) is 6.33. The van der Waals surface area contributed by atoms with Gasteiger partial charge in [0.2, 0.25) is 6.10 Å². The standard InChI is InChI=1S/C15H8ClF3O3S/c16-7-3-4-9-8(6-7)11(10-2-1-5-23-10)12(14(20)21)13(22-9)15(17,18)19/h1-6,13H,(H,20,21). The molecule has 3 nitrogen and oxygen atoms in total. The quantitative estimate of drug-likeness (QED) is 0.850. The molecule has 1 unspecified atom stereocenters. The molecule has 1 aromatic carbocycles. The lowest BCUT2D eigenvalue weighted by atomic mass is 9.91. The second-order valence-electron chi connectivity index (χ2n) is 4.75. The Morgan fingerprint density at radius 3 is 2.61 bits per heavy atom. The Kier molecular flexibility index (Phi) is 3.85. The van der Waals surface area contributed by atoms with Gasteiger partial charge in [-0.2, -0.15) is 13.2 Å². The Balaban J connectivity index is 2.36. The number of rotatable bonds is 2. The fraction of sp³-hybridized carbons (Fsp3) is 0.133. The Bertz CT molecular complexity index is 797. The highest BCUT2D eigenvalue weighted by molar-refractivity contribution is 7.11. The monoisotopic (exact) mass is 360 g/mol. The van der Waals surface area contributed by atoms with E-state index in [4.69, 9.17) is 16.3 Å². The molecule has 23 heavy (non-hydrogen) atoms. The number of carboxylic acids is 1. The highest BCUT2D eigenvalue weighted by Gasteiger charge is 2.50. The molecule has 0 saturated heterocycles. The average molecular weight is 361 g/mol. The molecule has 0 amide bonds. The predicted octanol–water partition coefficient (Wildman–Crippen LogP) is 4.61. The van der Waals surface area contributed by atoms with Crippen LogP contribution in [0.15, 0.2) is 41.3 Å². The molecule has 3 rings (SSSR count). The molecule has 8 heteroatoms. The molecule has 0 spiro atoms. The number of benzene rings is 1. The molecule has 2 heterocycles. The van der Waals surface area contributed by atoms with Crippen molar-refractivity contribution in [1.29, 1.82) is 0 Å². The van der Waals surface area contributed by atoms with Crippen molar-refractivity contribution in [2.24, 2.45) is 0 Å². The number of halogens is 4. The van der Waals surface area contributed by atoms with Crippen LogP contribution < -0.4 is 4.74 Å². The van der Waals surface area contributed by atoms with Gasteiger partial charge in [0.05, 0.1) is 5.57 Å². The molecule has 0 radical (unpaired) electrons. The van der Waals surface area contributed by atoms with Crippen LogP contribution in [-0.2, 0) is 4.79 Å². The summed E-state index contributed by atoms with van der Waals surface area (Å²) in [6.07, 6.45) is -7.39. The van der Waals surface area contributed by atoms with Crippen molar-refractivity contribution in [3.63, 3.8) is 0 Å². The number of carboxylic acid groups (broad SMARTS) is 1. The summed E-state index contributed by atoms with van der Waals surface area (Å²) in [5, 5.41) is 11.3. The van der Waals surface area contributed by atoms with Crippen LogP contribution in [0.5, 0.6) is 5.75 Å². The summed E-state index contributed by atoms with van der Waals surface area (Å²) < 4.78 is 44.8. The van der Waals surface area contributed by atoms with Crippen molar-refractivity contribution < 1.29 is 27.8 Å². The van der Waals surface area contributed by atoms with E-state index in [2.05, 4.69) is 0 Å². The lowest BCUT2D eigenvalue weighted by Crippen LogP contribution is -2.41. The normalized spacial score (nSPS) is 17.7. The molecule has 0 aliphatic carbocycles. The van der Waals surface area contributed by atoms with Gasteiger partial charge in [-0.1, -0.05) is 17.7 Å². The van der Waals surface area contributed by atoms with E-state index in [0.717, 1.165) is 11.3 Å². The number of fused-ring (bicyclic) bond motifs is 1. The minimum Gasteiger partial charge on any atom is -0.478 e. The van der Waals surface area contributed by atoms with Crippen LogP contribution in [0.25, 0.3) is 5.57 Å². The van der Waals surface area contributed by atoms with Gasteiger partial charge in [0.15, 0.2) is 0 Å². The summed E-state index contributed by atoms with van der Waals surface area (Å²) in [5.41, 5.74) is -0.619. The molecule has 1 aliphatic heterocycles. The van der Waals surface area contributed by atoms with E-state index in [0.29, 0.717) is 4.88 Å². The zero-order valence-corrected chi connectivity index (χ0v) is 12.8. The first kappa shape index (κ1) is 15.9. The molecule has 0 fully saturated rings. The lowest BCUT2D eigenvalue weighted by molar-refractivity contribution is -0.187. The van der Waals surface area contributed by atoms with E-state index in [9.17, 15) is 23.1 Å². The van der Waals surface area contributed by atoms with Crippen LogP contribution in [0.3, 0.4) is 0 Å². The van der Waals surface area contributed by atoms with Crippen LogP contribution in [-0.4, -0.2) is 23.4 Å². The third-order valence-electron chi connectivity index (χ3n) is 3.28. The van der Waals surface area contributed by atoms with Gasteiger partial charge in [0.1, 0.15) is 5.75 Å². The number of hydrogen-bond donors (Lipinski definition) is 1. The summed E-state index contributed by atoms with van der Waals surface area (Å²) in [4.78, 5) is 12.0. The molecule has 1 aliphatic rings. The summed E-state index contributed by atoms with van der Waals surface area (Å²) in [6, 6.07) is 7.30. The van der Waals surface area contributed by atoms with Gasteiger partial charge < -0.3 is 9.84 Å². The summed E-state index contributed by atoms with van der Waals surface area (Å²) >= 11 is 7.06. The van der Waals surface area contributed by atoms with E-state index < -0.39 is 23.8 Å². The van der Waals surface area contributed by atoms with E-state index in [-0.39, 0.29) is 21.9 Å². The third-order valence-corrected chi connectivity index (χ3v) is 4.41. The molecule has 1 atom stereocenters. The first-order chi connectivity index (χ1) is 10.8. The van der Waals surface area contributed by atoms with Gasteiger partial charge in [-0.05, 0) is 29.6 Å². The number of carbonyl (C=O) groups is 1. The fourth-order valence-electron chi connectivity index (χ4n) is 2.40. The largest absolute Gasteiger partial charge is 0.478 e. The van der Waals surface area contributed by atoms with E-state index in [1.54, 1.807) is 17.5 Å². The molecule has 0 saturated carbocycles. The summed E-state index contributed by atoms with van der Waals surface area (Å²) in [5.74, 6) is -1.73. The molecule has 1 aromatic heterocycles. The van der Waals surface area contributed by atoms with Gasteiger partial charge >= 0.3 is 12.1 Å². The van der Waals surface area contributed by atoms with Crippen LogP contribution in [0.2, 0.25) is 5.02 Å². The van der Waals surface area contributed by atoms with Crippen molar-refractivity contribution in [2.45, 2.75) is 12.3 Å². The van der Waals surface area contributed by atoms with Crippen molar-refractivity contribution in [3.05, 3.63) is 56.7 Å². The zero-order valence-electron chi connectivity index (χ0n) is 11.2. The van der Waals surface area contributed by atoms with Crippen molar-refractivity contribution in [3.8, 4) is 5.75 Å². The van der Waals surface area contributed by atoms with Crippen LogP contribution in [0, 0.1) is 0 Å². The van der Waals surface area contributed by atoms with E-state index >= 15 is 0 Å². The van der Waals surface area contributed by atoms with Gasteiger partial charge in [0.25, 0.3) is 0 Å². The van der Waals surface area contributed by atoms with Gasteiger partial charge in [0, 0.05) is 21.0 Å². The fourth-order valence-corrected chi connectivity index (χ4v) is 3.37. The molecule has 0 bridgehead atoms. The van der Waals surface area contributed by atoms with Crippen LogP contribution >= 0.6 is 22.9 Å². The molecule has 1 N–H and O–H groups in total. The second kappa shape index (κ2) is 5.58. The number of hydrogen-bond acceptors (Lipinski definition) is 3. The number of aliphatic carboxylic acids is 1. The highest BCUT2D eigenvalue weighted by Crippen LogP contribution is 2.45. The number of ether oxygens (including phenoxy) is 1. The summed E-state index contributed by atoms with van der Waals surface area (Å²) in [6.45, 7) is 0. The molecular weight excluding hydrogens is 353 g/mol. The topological polar surface area (TPSA) is 46.5 Å². The van der Waals surface area contributed by atoms with Crippen molar-refractivity contribution in [2.75, 3.05) is 0 Å². The number of alkyl halides is 3. The third kappa shape index (κ3) is 2.82. The Morgan fingerprint density at radius 2 is 2.04 bits per heavy atom. The lowest BCUT2D eigenvalue weighted by Gasteiger charge is -2.30. The van der Waals surface area contributed by atoms with Crippen LogP contribution in [0.4, 0.5) is 13.2 Å². The second-order valence-corrected chi connectivity index (χ2v) is 6.14. The maximum atomic E-state index is 13.3. The van der Waals surface area contributed by atoms with Crippen LogP contribution in [0.1, 0.15) is 10.4 Å². The maximum Gasteiger partial charge on any atom is 0.430 e. The SMILES string of the molecule is O=C(O)C1=C(c2cccs2)c2cc(Cl)ccc2OC1C(F)(F)F. The predicted molar refractivity (Wildman–Crippen MR) is 79.9 cm³/mol. The smallest absolute Gasteiger partial charge is 0.430 e. The molecular formula is C15H8ClF3O3S. The van der Waals surface area contributed by atoms with E-state index in [1.165, 1.54) is 18.2 Å². The van der Waals surface area contributed by atoms with Gasteiger partial charge in [-0.3, -0.25) is 0 Å². The molecule has 120 valence electrons. The number of thiophene rings is 1. The average Bonchev–Trinajstić information content (AvgIpc) is 2.97. The highest BCUT2D eigenvalue weighted by atomic mass is 35.5. The summed E-state index contributed by atoms with van der Waals surface area (Å²) in [7, 11) is 0. The Hall–Kier alpha value is -1.99. The van der Waals surface area contributed by atoms with Gasteiger partial charge in [-0.25, -0.2) is 4.79 Å². The Labute approximate surface area is 137 Å². The van der Waals surface area contributed by atoms with Crippen molar-refractivity contribution >= 4 is 34.5 Å². The minimum absolute atomic E-state index is 0.0152. The van der Waals surface area contributed by atoms with Gasteiger partial charge in [-0.15, -0.1) is 11.3 Å². The van der Waals surface area contributed by atoms with Crippen molar-refractivity contribution in [1.82, 2.24) is 0 Å². The maximum absolute atomic E-state index is 13.3. The molecule has 2 aromatic rings. The zero-order chi connectivity index (χ0) is 16.8. The first-order valence-corrected chi connectivity index (χ1v) is 7.59. The Morgan fingerprint density at radius 1 is 1.30 bits per heavy atom. The van der Waals surface area contributed by atoms with E-state index in [1.807, 2.05) is 0 Å².